The fourth-order valence-electron chi connectivity index (χ4n) is 2.46. The van der Waals surface area contributed by atoms with Crippen molar-refractivity contribution in [3.63, 3.8) is 0 Å². The standard InChI is InChI=1S/C20H21Br2N3O3S/c1-20(2,3)13-7-5-11(9-14(13)21)17(26)23-19(29)25-24-18(27)12-6-8-16(28-4)15(22)10-12/h5-10H,1-4H3,(H,24,27)(H2,23,25,26,29). The molecular weight excluding hydrogens is 522 g/mol. The van der Waals surface area contributed by atoms with Crippen LogP contribution in [0.3, 0.4) is 0 Å². The minimum absolute atomic E-state index is 0.0213. The third-order valence-electron chi connectivity index (χ3n) is 3.97. The van der Waals surface area contributed by atoms with Crippen molar-refractivity contribution in [3.05, 3.63) is 62.0 Å². The first-order chi connectivity index (χ1) is 13.5. The number of hydrazine groups is 1. The van der Waals surface area contributed by atoms with E-state index in [0.717, 1.165) is 10.0 Å². The Morgan fingerprint density at radius 3 is 2.07 bits per heavy atom. The zero-order valence-corrected chi connectivity index (χ0v) is 20.3. The van der Waals surface area contributed by atoms with Crippen LogP contribution in [0.2, 0.25) is 0 Å². The third-order valence-corrected chi connectivity index (χ3v) is 5.45. The van der Waals surface area contributed by atoms with Gasteiger partial charge in [0, 0.05) is 15.6 Å². The van der Waals surface area contributed by atoms with Crippen molar-refractivity contribution in [2.75, 3.05) is 7.11 Å². The minimum Gasteiger partial charge on any atom is -0.496 e. The maximum Gasteiger partial charge on any atom is 0.269 e. The van der Waals surface area contributed by atoms with Gasteiger partial charge in [0.15, 0.2) is 5.11 Å². The van der Waals surface area contributed by atoms with Crippen molar-refractivity contribution in [2.45, 2.75) is 26.2 Å². The number of hydrogen-bond donors (Lipinski definition) is 3. The van der Waals surface area contributed by atoms with Crippen molar-refractivity contribution in [1.82, 2.24) is 16.2 Å². The first kappa shape index (κ1) is 23.3. The van der Waals surface area contributed by atoms with Gasteiger partial charge < -0.3 is 4.74 Å². The summed E-state index contributed by atoms with van der Waals surface area (Å²) in [5, 5.41) is 2.51. The molecule has 29 heavy (non-hydrogen) atoms. The molecule has 0 radical (unpaired) electrons. The maximum absolute atomic E-state index is 12.4. The number of rotatable bonds is 3. The Balaban J connectivity index is 1.95. The summed E-state index contributed by atoms with van der Waals surface area (Å²) < 4.78 is 6.62. The number of ether oxygens (including phenoxy) is 1. The monoisotopic (exact) mass is 541 g/mol. The van der Waals surface area contributed by atoms with Gasteiger partial charge in [0.1, 0.15) is 5.75 Å². The van der Waals surface area contributed by atoms with Crippen LogP contribution in [-0.2, 0) is 5.41 Å². The van der Waals surface area contributed by atoms with Gasteiger partial charge in [-0.1, -0.05) is 42.8 Å². The van der Waals surface area contributed by atoms with E-state index >= 15 is 0 Å². The number of hydrogen-bond acceptors (Lipinski definition) is 4. The van der Waals surface area contributed by atoms with Crippen molar-refractivity contribution in [1.29, 1.82) is 0 Å². The highest BCUT2D eigenvalue weighted by Gasteiger charge is 2.19. The van der Waals surface area contributed by atoms with Gasteiger partial charge in [-0.25, -0.2) is 0 Å². The predicted octanol–water partition coefficient (Wildman–Crippen LogP) is 4.47. The summed E-state index contributed by atoms with van der Waals surface area (Å²) >= 11 is 11.9. The summed E-state index contributed by atoms with van der Waals surface area (Å²) in [6.45, 7) is 6.28. The number of methoxy groups -OCH3 is 1. The molecule has 9 heteroatoms. The quantitative estimate of drug-likeness (QED) is 0.394. The van der Waals surface area contributed by atoms with E-state index in [2.05, 4.69) is 68.8 Å². The van der Waals surface area contributed by atoms with Crippen LogP contribution in [0.1, 0.15) is 47.1 Å². The number of thiocarbonyl (C=S) groups is 1. The molecule has 0 heterocycles. The SMILES string of the molecule is COc1ccc(C(=O)NNC(=S)NC(=O)c2ccc(C(C)(C)C)c(Br)c2)cc1Br. The molecule has 0 aliphatic carbocycles. The highest BCUT2D eigenvalue weighted by Crippen LogP contribution is 2.30. The normalized spacial score (nSPS) is 10.8. The van der Waals surface area contributed by atoms with Crippen LogP contribution < -0.4 is 20.9 Å². The van der Waals surface area contributed by atoms with Gasteiger partial charge in [0.25, 0.3) is 11.8 Å². The summed E-state index contributed by atoms with van der Waals surface area (Å²) in [5.41, 5.74) is 6.84. The van der Waals surface area contributed by atoms with E-state index in [1.54, 1.807) is 30.3 Å². The topological polar surface area (TPSA) is 79.5 Å². The number of carbonyl (C=O) groups is 2. The summed E-state index contributed by atoms with van der Waals surface area (Å²) in [4.78, 5) is 24.6. The van der Waals surface area contributed by atoms with Crippen molar-refractivity contribution in [2.24, 2.45) is 0 Å². The fraction of sp³-hybridized carbons (Fsp3) is 0.250. The second kappa shape index (κ2) is 9.69. The van der Waals surface area contributed by atoms with E-state index in [1.165, 1.54) is 7.11 Å². The van der Waals surface area contributed by atoms with Crippen LogP contribution >= 0.6 is 44.1 Å². The highest BCUT2D eigenvalue weighted by atomic mass is 79.9. The molecule has 6 nitrogen and oxygen atoms in total. The molecule has 154 valence electrons. The zero-order chi connectivity index (χ0) is 21.8. The Labute approximate surface area is 192 Å². The Morgan fingerprint density at radius 1 is 0.931 bits per heavy atom. The number of halogens is 2. The molecule has 0 aliphatic heterocycles. The van der Waals surface area contributed by atoms with Gasteiger partial charge in [-0.15, -0.1) is 0 Å². The average Bonchev–Trinajstić information content (AvgIpc) is 2.64. The molecule has 0 aliphatic rings. The molecular formula is C20H21Br2N3O3S. The average molecular weight is 543 g/mol. The van der Waals surface area contributed by atoms with Gasteiger partial charge in [-0.05, 0) is 69.5 Å². The number of carbonyl (C=O) groups excluding carboxylic acids is 2. The molecule has 0 aromatic heterocycles. The maximum atomic E-state index is 12.4. The lowest BCUT2D eigenvalue weighted by molar-refractivity contribution is 0.0934. The lowest BCUT2D eigenvalue weighted by Crippen LogP contribution is -2.48. The van der Waals surface area contributed by atoms with E-state index in [9.17, 15) is 9.59 Å². The molecule has 2 aromatic rings. The summed E-state index contributed by atoms with van der Waals surface area (Å²) in [5.74, 6) is -0.187. The lowest BCUT2D eigenvalue weighted by atomic mass is 9.86. The highest BCUT2D eigenvalue weighted by molar-refractivity contribution is 9.10. The molecule has 0 atom stereocenters. The Morgan fingerprint density at radius 2 is 1.52 bits per heavy atom. The van der Waals surface area contributed by atoms with Crippen molar-refractivity contribution >= 4 is 61.0 Å². The number of benzene rings is 2. The number of nitrogens with one attached hydrogen (secondary N) is 3. The summed E-state index contributed by atoms with van der Waals surface area (Å²) in [7, 11) is 1.54. The minimum atomic E-state index is -0.415. The van der Waals surface area contributed by atoms with Crippen LogP contribution in [0, 0.1) is 0 Å². The molecule has 2 aromatic carbocycles. The molecule has 2 rings (SSSR count). The van der Waals surface area contributed by atoms with Gasteiger partial charge in [0.05, 0.1) is 11.6 Å². The molecule has 0 saturated carbocycles. The van der Waals surface area contributed by atoms with E-state index in [-0.39, 0.29) is 16.4 Å². The van der Waals surface area contributed by atoms with E-state index < -0.39 is 5.91 Å². The zero-order valence-electron chi connectivity index (χ0n) is 16.4. The molecule has 0 unspecified atom stereocenters. The summed E-state index contributed by atoms with van der Waals surface area (Å²) in [6, 6.07) is 10.3. The van der Waals surface area contributed by atoms with Gasteiger partial charge in [-0.2, -0.15) is 0 Å². The third kappa shape index (κ3) is 6.25. The van der Waals surface area contributed by atoms with Crippen molar-refractivity contribution < 1.29 is 14.3 Å². The van der Waals surface area contributed by atoms with Crippen LogP contribution in [0.25, 0.3) is 0 Å². The first-order valence-corrected chi connectivity index (χ1v) is 10.6. The molecule has 0 saturated heterocycles. The van der Waals surface area contributed by atoms with E-state index in [1.807, 2.05) is 6.07 Å². The lowest BCUT2D eigenvalue weighted by Gasteiger charge is -2.21. The predicted molar refractivity (Wildman–Crippen MR) is 124 cm³/mol. The van der Waals surface area contributed by atoms with E-state index in [4.69, 9.17) is 17.0 Å². The largest absolute Gasteiger partial charge is 0.496 e. The van der Waals surface area contributed by atoms with E-state index in [0.29, 0.717) is 21.3 Å². The fourth-order valence-corrected chi connectivity index (χ4v) is 4.12. The van der Waals surface area contributed by atoms with Gasteiger partial charge in [0.2, 0.25) is 0 Å². The van der Waals surface area contributed by atoms with Crippen LogP contribution in [0.5, 0.6) is 5.75 Å². The molecule has 0 bridgehead atoms. The Kier molecular flexibility index (Phi) is 7.79. The van der Waals surface area contributed by atoms with Crippen LogP contribution in [-0.4, -0.2) is 24.0 Å². The number of amides is 2. The molecule has 0 fully saturated rings. The van der Waals surface area contributed by atoms with Gasteiger partial charge >= 0.3 is 0 Å². The second-order valence-electron chi connectivity index (χ2n) is 7.16. The molecule has 0 spiro atoms. The van der Waals surface area contributed by atoms with Gasteiger partial charge in [-0.3, -0.25) is 25.8 Å². The van der Waals surface area contributed by atoms with Crippen LogP contribution in [0.4, 0.5) is 0 Å². The molecule has 2 amide bonds. The Bertz CT molecular complexity index is 958. The summed E-state index contributed by atoms with van der Waals surface area (Å²) in [6.07, 6.45) is 0. The smallest absolute Gasteiger partial charge is 0.269 e. The molecule has 3 N–H and O–H groups in total. The first-order valence-electron chi connectivity index (χ1n) is 8.58. The Hall–Kier alpha value is -1.97. The van der Waals surface area contributed by atoms with Crippen molar-refractivity contribution in [3.8, 4) is 5.75 Å². The second-order valence-corrected chi connectivity index (χ2v) is 9.27. The van der Waals surface area contributed by atoms with Crippen LogP contribution in [0.15, 0.2) is 45.3 Å².